The number of ether oxygens (including phenoxy) is 2. The Morgan fingerprint density at radius 1 is 1.10 bits per heavy atom. The second kappa shape index (κ2) is 14.7. The summed E-state index contributed by atoms with van der Waals surface area (Å²) in [5.74, 6) is 0.574. The van der Waals surface area contributed by atoms with Crippen molar-refractivity contribution in [3.05, 3.63) is 42.1 Å². The third-order valence-corrected chi connectivity index (χ3v) is 12.4. The number of nitrogens with zero attached hydrogens (tertiary/aromatic N) is 6. The summed E-state index contributed by atoms with van der Waals surface area (Å²) in [7, 11) is -3.48. The third-order valence-electron chi connectivity index (χ3n) is 10.6. The fourth-order valence-electron chi connectivity index (χ4n) is 8.01. The van der Waals surface area contributed by atoms with Crippen LogP contribution >= 0.6 is 0 Å². The number of nitrogens with one attached hydrogen (secondary N) is 1. The average molecular weight is 702 g/mol. The second-order valence-corrected chi connectivity index (χ2v) is 16.6. The molecule has 14 heteroatoms. The van der Waals surface area contributed by atoms with E-state index in [9.17, 15) is 17.6 Å². The van der Waals surface area contributed by atoms with Gasteiger partial charge in [0.05, 0.1) is 24.5 Å². The molecule has 4 aliphatic rings. The van der Waals surface area contributed by atoms with Gasteiger partial charge in [0, 0.05) is 55.8 Å². The SMILES string of the molecule is CC(C)N(C(=O)c1cc(F)ccc1Oc1cncnc1N1CC2(CCN(C[C@@H]3CC[C@@H](NS(=O)(=O)N4CCC[C@@H]4C)CO3)CC2)C1)C(C)C. The maximum absolute atomic E-state index is 14.4. The zero-order valence-corrected chi connectivity index (χ0v) is 30.3. The number of carbonyl (C=O) groups excluding carboxylic acids is 1. The van der Waals surface area contributed by atoms with Gasteiger partial charge in [-0.2, -0.15) is 17.4 Å². The molecule has 0 radical (unpaired) electrons. The van der Waals surface area contributed by atoms with E-state index in [1.54, 1.807) is 15.4 Å². The van der Waals surface area contributed by atoms with E-state index in [4.69, 9.17) is 9.47 Å². The van der Waals surface area contributed by atoms with Crippen LogP contribution in [0.2, 0.25) is 0 Å². The Hall–Kier alpha value is -2.91. The first-order valence-corrected chi connectivity index (χ1v) is 19.3. The van der Waals surface area contributed by atoms with Gasteiger partial charge in [0.2, 0.25) is 0 Å². The highest BCUT2D eigenvalue weighted by molar-refractivity contribution is 7.87. The molecule has 1 N–H and O–H groups in total. The molecular formula is C35H52FN7O5S. The Labute approximate surface area is 290 Å². The Morgan fingerprint density at radius 2 is 1.84 bits per heavy atom. The highest BCUT2D eigenvalue weighted by Gasteiger charge is 2.46. The highest BCUT2D eigenvalue weighted by Crippen LogP contribution is 2.45. The van der Waals surface area contributed by atoms with Crippen molar-refractivity contribution in [3.8, 4) is 11.5 Å². The molecule has 0 saturated carbocycles. The molecule has 2 aromatic rings. The summed E-state index contributed by atoms with van der Waals surface area (Å²) >= 11 is 0. The van der Waals surface area contributed by atoms with Gasteiger partial charge in [0.25, 0.3) is 16.1 Å². The van der Waals surface area contributed by atoms with Gasteiger partial charge in [-0.25, -0.2) is 14.4 Å². The van der Waals surface area contributed by atoms with Crippen LogP contribution in [0.3, 0.4) is 0 Å². The van der Waals surface area contributed by atoms with Crippen LogP contribution in [0.1, 0.15) is 83.5 Å². The fourth-order valence-corrected chi connectivity index (χ4v) is 9.70. The predicted octanol–water partition coefficient (Wildman–Crippen LogP) is 4.44. The van der Waals surface area contributed by atoms with Crippen molar-refractivity contribution < 1.29 is 27.1 Å². The van der Waals surface area contributed by atoms with Crippen LogP contribution in [0.4, 0.5) is 10.2 Å². The molecule has 1 aromatic heterocycles. The lowest BCUT2D eigenvalue weighted by molar-refractivity contribution is -0.0301. The number of halogens is 1. The number of piperidine rings is 1. The van der Waals surface area contributed by atoms with Crippen LogP contribution in [0, 0.1) is 11.2 Å². The number of anilines is 1. The van der Waals surface area contributed by atoms with Gasteiger partial charge in [0.15, 0.2) is 11.6 Å². The summed E-state index contributed by atoms with van der Waals surface area (Å²) < 4.78 is 57.0. The van der Waals surface area contributed by atoms with E-state index in [-0.39, 0.29) is 52.9 Å². The topological polar surface area (TPSA) is 120 Å². The summed E-state index contributed by atoms with van der Waals surface area (Å²) in [4.78, 5) is 28.7. The molecule has 6 rings (SSSR count). The molecule has 1 aromatic carbocycles. The van der Waals surface area contributed by atoms with Crippen LogP contribution in [0.25, 0.3) is 0 Å². The van der Waals surface area contributed by atoms with Gasteiger partial charge < -0.3 is 24.2 Å². The largest absolute Gasteiger partial charge is 0.451 e. The monoisotopic (exact) mass is 701 g/mol. The zero-order chi connectivity index (χ0) is 34.9. The van der Waals surface area contributed by atoms with Crippen molar-refractivity contribution in [2.75, 3.05) is 50.8 Å². The molecule has 12 nitrogen and oxygen atoms in total. The van der Waals surface area contributed by atoms with Gasteiger partial charge in [-0.05, 0) is 104 Å². The van der Waals surface area contributed by atoms with Crippen molar-refractivity contribution >= 4 is 21.9 Å². The molecule has 49 heavy (non-hydrogen) atoms. The Balaban J connectivity index is 1.00. The maximum atomic E-state index is 14.4. The van der Waals surface area contributed by atoms with Gasteiger partial charge in [-0.1, -0.05) is 0 Å². The number of likely N-dealkylation sites (tertiary alicyclic amines) is 1. The quantitative estimate of drug-likeness (QED) is 0.363. The minimum atomic E-state index is -3.48. The number of hydrogen-bond donors (Lipinski definition) is 1. The predicted molar refractivity (Wildman–Crippen MR) is 185 cm³/mol. The van der Waals surface area contributed by atoms with Gasteiger partial charge >= 0.3 is 0 Å². The number of carbonyl (C=O) groups is 1. The average Bonchev–Trinajstić information content (AvgIpc) is 3.49. The lowest BCUT2D eigenvalue weighted by atomic mass is 9.72. The van der Waals surface area contributed by atoms with Crippen molar-refractivity contribution in [2.24, 2.45) is 5.41 Å². The lowest BCUT2D eigenvalue weighted by Gasteiger charge is -2.54. The molecule has 3 atom stereocenters. The normalized spacial score (nSPS) is 24.8. The molecule has 0 aliphatic carbocycles. The van der Waals surface area contributed by atoms with Gasteiger partial charge in [-0.15, -0.1) is 0 Å². The van der Waals surface area contributed by atoms with Crippen molar-refractivity contribution in [2.45, 2.75) is 103 Å². The number of amides is 1. The van der Waals surface area contributed by atoms with Crippen LogP contribution in [0.5, 0.6) is 11.5 Å². The van der Waals surface area contributed by atoms with E-state index in [0.29, 0.717) is 24.7 Å². The van der Waals surface area contributed by atoms with E-state index < -0.39 is 16.0 Å². The third kappa shape index (κ3) is 8.03. The molecule has 0 unspecified atom stereocenters. The number of hydrogen-bond acceptors (Lipinski definition) is 9. The number of benzene rings is 1. The van der Waals surface area contributed by atoms with E-state index in [0.717, 1.165) is 71.2 Å². The highest BCUT2D eigenvalue weighted by atomic mass is 32.2. The van der Waals surface area contributed by atoms with Crippen LogP contribution in [-0.4, -0.2) is 115 Å². The summed E-state index contributed by atoms with van der Waals surface area (Å²) in [5, 5.41) is 0. The molecule has 4 aliphatic heterocycles. The minimum absolute atomic E-state index is 0.0496. The lowest BCUT2D eigenvalue weighted by Crippen LogP contribution is -2.61. The smallest absolute Gasteiger partial charge is 0.280 e. The number of rotatable bonds is 11. The van der Waals surface area contributed by atoms with E-state index in [1.165, 1.54) is 24.5 Å². The molecule has 0 bridgehead atoms. The molecule has 270 valence electrons. The fraction of sp³-hybridized carbons (Fsp3) is 0.686. The van der Waals surface area contributed by atoms with Crippen LogP contribution < -0.4 is 14.4 Å². The van der Waals surface area contributed by atoms with E-state index >= 15 is 0 Å². The van der Waals surface area contributed by atoms with E-state index in [1.807, 2.05) is 34.6 Å². The molecule has 5 heterocycles. The van der Waals surface area contributed by atoms with Crippen molar-refractivity contribution in [1.29, 1.82) is 0 Å². The Bertz CT molecular complexity index is 1560. The first-order valence-electron chi connectivity index (χ1n) is 17.8. The minimum Gasteiger partial charge on any atom is -0.451 e. The Kier molecular flexibility index (Phi) is 10.8. The molecular weight excluding hydrogens is 649 g/mol. The van der Waals surface area contributed by atoms with Gasteiger partial charge in [0.1, 0.15) is 17.9 Å². The first kappa shape index (κ1) is 35.9. The summed E-state index contributed by atoms with van der Waals surface area (Å²) in [6.07, 6.45) is 8.76. The van der Waals surface area contributed by atoms with Crippen molar-refractivity contribution in [3.63, 3.8) is 0 Å². The van der Waals surface area contributed by atoms with E-state index in [2.05, 4.69) is 24.5 Å². The molecule has 4 saturated heterocycles. The van der Waals surface area contributed by atoms with Crippen LogP contribution in [0.15, 0.2) is 30.7 Å². The molecule has 1 spiro atoms. The summed E-state index contributed by atoms with van der Waals surface area (Å²) in [5.41, 5.74) is 0.356. The molecule has 1 amide bonds. The van der Waals surface area contributed by atoms with Crippen LogP contribution in [-0.2, 0) is 14.9 Å². The number of aromatic nitrogens is 2. The first-order chi connectivity index (χ1) is 23.3. The van der Waals surface area contributed by atoms with Crippen molar-refractivity contribution in [1.82, 2.24) is 28.8 Å². The van der Waals surface area contributed by atoms with Gasteiger partial charge in [-0.3, -0.25) is 4.79 Å². The summed E-state index contributed by atoms with van der Waals surface area (Å²) in [6, 6.07) is 3.76. The summed E-state index contributed by atoms with van der Waals surface area (Å²) in [6.45, 7) is 15.2. The standard InChI is InChI=1S/C35H52FN7O5S/c1-24(2)43(25(3)4)34(44)30-17-27(36)8-11-31(30)48-32-18-37-23-38-33(32)41-21-35(22-41)12-15-40(16-13-35)19-29-10-9-28(20-47-29)39-49(45,46)42-14-6-7-26(42)5/h8,11,17-18,23-26,28-29,39H,6-7,9-10,12-16,19-22H2,1-5H3/t26-,28+,29-/m0/s1. The zero-order valence-electron chi connectivity index (χ0n) is 29.5. The second-order valence-electron chi connectivity index (χ2n) is 15.0. The Morgan fingerprint density at radius 3 is 2.47 bits per heavy atom. The maximum Gasteiger partial charge on any atom is 0.280 e. The molecule has 4 fully saturated rings.